The maximum absolute atomic E-state index is 13.1. The third-order valence-corrected chi connectivity index (χ3v) is 5.86. The second-order valence-corrected chi connectivity index (χ2v) is 10.4. The van der Waals surface area contributed by atoms with Crippen LogP contribution in [0.1, 0.15) is 65.9 Å². The van der Waals surface area contributed by atoms with Crippen LogP contribution in [-0.2, 0) is 9.59 Å². The normalized spacial score (nSPS) is 17.3. The molecule has 1 heterocycles. The molecule has 1 aromatic rings. The number of hydrogen-bond acceptors (Lipinski definition) is 3. The fraction of sp³-hybridized carbons (Fsp3) is 0.630. The minimum Gasteiger partial charge on any atom is -0.344 e. The maximum atomic E-state index is 13.1. The fourth-order valence-corrected chi connectivity index (χ4v) is 4.51. The fourth-order valence-electron chi connectivity index (χ4n) is 4.51. The Hall–Kier alpha value is -2.14. The summed E-state index contributed by atoms with van der Waals surface area (Å²) in [6, 6.07) is 9.90. The van der Waals surface area contributed by atoms with Crippen LogP contribution in [0.25, 0.3) is 6.08 Å². The number of hydrogen-bond donors (Lipinski definition) is 1. The molecular formula is C27H43N3O2. The number of carbonyl (C=O) groups excluding carboxylic acids is 2. The summed E-state index contributed by atoms with van der Waals surface area (Å²) < 4.78 is 0. The van der Waals surface area contributed by atoms with Crippen molar-refractivity contribution >= 4 is 17.9 Å². The van der Waals surface area contributed by atoms with Gasteiger partial charge in [-0.15, -0.1) is 0 Å². The molecule has 2 unspecified atom stereocenters. The van der Waals surface area contributed by atoms with Crippen LogP contribution >= 0.6 is 0 Å². The van der Waals surface area contributed by atoms with Gasteiger partial charge in [-0.3, -0.25) is 14.5 Å². The minimum atomic E-state index is -0.404. The van der Waals surface area contributed by atoms with Gasteiger partial charge in [0.15, 0.2) is 0 Å². The summed E-state index contributed by atoms with van der Waals surface area (Å²) in [5, 5.41) is 3.04. The van der Waals surface area contributed by atoms with Gasteiger partial charge < -0.3 is 10.2 Å². The molecule has 0 aliphatic carbocycles. The molecule has 2 atom stereocenters. The largest absolute Gasteiger partial charge is 0.344 e. The van der Waals surface area contributed by atoms with Crippen LogP contribution in [0, 0.1) is 11.3 Å². The van der Waals surface area contributed by atoms with Crippen LogP contribution in [0.15, 0.2) is 36.4 Å². The number of amides is 2. The first-order chi connectivity index (χ1) is 15.2. The van der Waals surface area contributed by atoms with E-state index >= 15 is 0 Å². The van der Waals surface area contributed by atoms with Gasteiger partial charge in [0.2, 0.25) is 11.8 Å². The summed E-state index contributed by atoms with van der Waals surface area (Å²) in [7, 11) is 0. The molecule has 178 valence electrons. The van der Waals surface area contributed by atoms with Crippen LogP contribution < -0.4 is 5.32 Å². The highest BCUT2D eigenvalue weighted by atomic mass is 16.2. The van der Waals surface area contributed by atoms with E-state index < -0.39 is 6.04 Å². The highest BCUT2D eigenvalue weighted by Gasteiger charge is 2.28. The van der Waals surface area contributed by atoms with Crippen LogP contribution in [0.4, 0.5) is 0 Å². The molecular weight excluding hydrogens is 398 g/mol. The van der Waals surface area contributed by atoms with Crippen LogP contribution in [0.5, 0.6) is 0 Å². The van der Waals surface area contributed by atoms with E-state index in [1.54, 1.807) is 0 Å². The quantitative estimate of drug-likeness (QED) is 0.578. The highest BCUT2D eigenvalue weighted by molar-refractivity contribution is 5.87. The number of rotatable bonds is 10. The van der Waals surface area contributed by atoms with E-state index in [2.05, 4.69) is 69.1 Å². The molecule has 0 radical (unpaired) electrons. The monoisotopic (exact) mass is 441 g/mol. The Labute approximate surface area is 195 Å². The average molecular weight is 442 g/mol. The summed E-state index contributed by atoms with van der Waals surface area (Å²) in [5.41, 5.74) is 1.41. The van der Waals surface area contributed by atoms with Crippen molar-refractivity contribution in [1.29, 1.82) is 0 Å². The van der Waals surface area contributed by atoms with Gasteiger partial charge in [0.05, 0.1) is 0 Å². The van der Waals surface area contributed by atoms with E-state index in [-0.39, 0.29) is 17.2 Å². The summed E-state index contributed by atoms with van der Waals surface area (Å²) in [4.78, 5) is 30.0. The molecule has 1 aromatic carbocycles. The van der Waals surface area contributed by atoms with Crippen molar-refractivity contribution < 1.29 is 9.59 Å². The summed E-state index contributed by atoms with van der Waals surface area (Å²) >= 11 is 0. The first-order valence-corrected chi connectivity index (χ1v) is 12.2. The van der Waals surface area contributed by atoms with Crippen molar-refractivity contribution in [2.75, 3.05) is 32.7 Å². The Bertz CT molecular complexity index is 731. The Morgan fingerprint density at radius 2 is 1.75 bits per heavy atom. The van der Waals surface area contributed by atoms with Gasteiger partial charge in [-0.25, -0.2) is 0 Å². The van der Waals surface area contributed by atoms with Crippen molar-refractivity contribution in [1.82, 2.24) is 15.1 Å². The zero-order valence-electron chi connectivity index (χ0n) is 20.8. The lowest BCUT2D eigenvalue weighted by Crippen LogP contribution is -2.55. The zero-order valence-corrected chi connectivity index (χ0v) is 20.8. The van der Waals surface area contributed by atoms with Gasteiger partial charge in [0, 0.05) is 39.1 Å². The van der Waals surface area contributed by atoms with E-state index in [0.717, 1.165) is 32.5 Å². The lowest BCUT2D eigenvalue weighted by Gasteiger charge is -2.36. The van der Waals surface area contributed by atoms with Gasteiger partial charge in [0.25, 0.3) is 0 Å². The van der Waals surface area contributed by atoms with Crippen molar-refractivity contribution in [3.63, 3.8) is 0 Å². The van der Waals surface area contributed by atoms with Crippen molar-refractivity contribution in [3.8, 4) is 0 Å². The number of benzene rings is 1. The molecule has 1 aliphatic heterocycles. The highest BCUT2D eigenvalue weighted by Crippen LogP contribution is 2.25. The Kier molecular flexibility index (Phi) is 10.4. The molecule has 0 spiro atoms. The van der Waals surface area contributed by atoms with Crippen LogP contribution in [0.2, 0.25) is 0 Å². The molecule has 0 bridgehead atoms. The molecule has 2 amide bonds. The number of piperazine rings is 1. The molecule has 0 saturated carbocycles. The van der Waals surface area contributed by atoms with E-state index in [1.165, 1.54) is 5.56 Å². The van der Waals surface area contributed by atoms with Crippen LogP contribution in [-0.4, -0.2) is 60.4 Å². The van der Waals surface area contributed by atoms with Crippen molar-refractivity contribution in [2.24, 2.45) is 11.3 Å². The van der Waals surface area contributed by atoms with Gasteiger partial charge >= 0.3 is 0 Å². The topological polar surface area (TPSA) is 52.7 Å². The third-order valence-electron chi connectivity index (χ3n) is 5.86. The van der Waals surface area contributed by atoms with E-state index in [0.29, 0.717) is 31.8 Å². The van der Waals surface area contributed by atoms with Gasteiger partial charge in [0.1, 0.15) is 6.04 Å². The smallest absolute Gasteiger partial charge is 0.245 e. The van der Waals surface area contributed by atoms with E-state index in [9.17, 15) is 9.59 Å². The average Bonchev–Trinajstić information content (AvgIpc) is 2.73. The van der Waals surface area contributed by atoms with Crippen LogP contribution in [0.3, 0.4) is 0 Å². The Morgan fingerprint density at radius 1 is 1.09 bits per heavy atom. The minimum absolute atomic E-state index is 0.00163. The van der Waals surface area contributed by atoms with Gasteiger partial charge in [-0.05, 0) is 29.7 Å². The molecule has 5 nitrogen and oxygen atoms in total. The lowest BCUT2D eigenvalue weighted by atomic mass is 9.84. The molecule has 1 saturated heterocycles. The summed E-state index contributed by atoms with van der Waals surface area (Å²) in [5.74, 6) is 0.376. The molecule has 1 N–H and O–H groups in total. The lowest BCUT2D eigenvalue weighted by molar-refractivity contribution is -0.138. The molecule has 2 rings (SSSR count). The predicted octanol–water partition coefficient (Wildman–Crippen LogP) is 4.59. The van der Waals surface area contributed by atoms with Gasteiger partial charge in [-0.1, -0.05) is 83.5 Å². The third kappa shape index (κ3) is 9.56. The van der Waals surface area contributed by atoms with E-state index in [1.807, 2.05) is 23.1 Å². The summed E-state index contributed by atoms with van der Waals surface area (Å²) in [6.45, 7) is 14.8. The van der Waals surface area contributed by atoms with Gasteiger partial charge in [-0.2, -0.15) is 0 Å². The maximum Gasteiger partial charge on any atom is 0.245 e. The molecule has 32 heavy (non-hydrogen) atoms. The number of nitrogens with one attached hydrogen (secondary N) is 1. The molecule has 1 fully saturated rings. The summed E-state index contributed by atoms with van der Waals surface area (Å²) in [6.07, 6.45) is 7.37. The number of carbonyl (C=O) groups is 2. The molecule has 0 aromatic heterocycles. The Balaban J connectivity index is 1.80. The zero-order chi connectivity index (χ0) is 23.6. The van der Waals surface area contributed by atoms with Crippen molar-refractivity contribution in [2.45, 2.75) is 66.3 Å². The Morgan fingerprint density at radius 3 is 2.34 bits per heavy atom. The van der Waals surface area contributed by atoms with Crippen molar-refractivity contribution in [3.05, 3.63) is 42.0 Å². The SMILES string of the molecule is CCCC(NC(=O)CC(C)CC(C)(C)C)C(=O)N1CCN(C/C=C/c2ccccc2)CC1. The number of nitrogens with zero attached hydrogens (tertiary/aromatic N) is 2. The molecule has 1 aliphatic rings. The second kappa shape index (κ2) is 12.8. The van der Waals surface area contributed by atoms with E-state index in [4.69, 9.17) is 0 Å². The first-order valence-electron chi connectivity index (χ1n) is 12.2. The first kappa shape index (κ1) is 26.1. The predicted molar refractivity (Wildman–Crippen MR) is 133 cm³/mol. The molecule has 5 heteroatoms. The second-order valence-electron chi connectivity index (χ2n) is 10.4. The standard InChI is InChI=1S/C27H43N3O2/c1-6-11-24(28-25(31)20-22(2)21-27(3,4)5)26(32)30-18-16-29(17-19-30)15-10-14-23-12-8-7-9-13-23/h7-10,12-14,22,24H,6,11,15-21H2,1-5H3,(H,28,31)/b14-10+.